The molecule has 8 heteroatoms. The Morgan fingerprint density at radius 1 is 1.19 bits per heavy atom. The highest BCUT2D eigenvalue weighted by molar-refractivity contribution is 7.99. The molecular weight excluding hydrogens is 374 g/mol. The van der Waals surface area contributed by atoms with Crippen molar-refractivity contribution < 1.29 is 14.3 Å². The second-order valence-corrected chi connectivity index (χ2v) is 6.62. The number of nitrogens with zero attached hydrogens (tertiary/aromatic N) is 3. The Labute approximate surface area is 160 Å². The lowest BCUT2D eigenvalue weighted by molar-refractivity contribution is 0.101. The fourth-order valence-electron chi connectivity index (χ4n) is 2.36. The van der Waals surface area contributed by atoms with E-state index in [1.165, 1.54) is 18.9 Å². The number of hydrogen-bond donors (Lipinski definition) is 0. The quantitative estimate of drug-likeness (QED) is 0.451. The molecule has 2 aromatic carbocycles. The molecule has 3 aromatic rings. The third-order valence-corrected chi connectivity index (χ3v) is 4.82. The molecule has 134 valence electrons. The monoisotopic (exact) mass is 389 g/mol. The topological polar surface area (TPSA) is 66.2 Å². The molecule has 6 nitrogen and oxygen atoms in total. The molecule has 0 amide bonds. The van der Waals surface area contributed by atoms with Gasteiger partial charge < -0.3 is 9.47 Å². The third-order valence-electron chi connectivity index (χ3n) is 3.64. The Morgan fingerprint density at radius 2 is 2.04 bits per heavy atom. The van der Waals surface area contributed by atoms with Crippen LogP contribution >= 0.6 is 23.4 Å². The van der Waals surface area contributed by atoms with Gasteiger partial charge in [-0.3, -0.25) is 9.36 Å². The van der Waals surface area contributed by atoms with Gasteiger partial charge in [0.15, 0.2) is 10.9 Å². The Kier molecular flexibility index (Phi) is 5.80. The van der Waals surface area contributed by atoms with E-state index in [2.05, 4.69) is 10.2 Å². The van der Waals surface area contributed by atoms with Crippen LogP contribution in [-0.2, 0) is 0 Å². The van der Waals surface area contributed by atoms with E-state index in [-0.39, 0.29) is 11.5 Å². The van der Waals surface area contributed by atoms with E-state index in [1.807, 2.05) is 18.2 Å². The minimum absolute atomic E-state index is 0.0739. The van der Waals surface area contributed by atoms with Crippen LogP contribution in [0, 0.1) is 0 Å². The standard InChI is InChI=1S/C18H16ClN3O3S/c1-24-14-6-7-15(17(9-14)25-2)16(23)10-26-18-21-20-11-22(18)13-5-3-4-12(19)8-13/h3-9,11H,10H2,1-2H3. The van der Waals surface area contributed by atoms with Crippen molar-refractivity contribution in [2.75, 3.05) is 20.0 Å². The molecule has 0 atom stereocenters. The number of methoxy groups -OCH3 is 2. The summed E-state index contributed by atoms with van der Waals surface area (Å²) < 4.78 is 12.2. The van der Waals surface area contributed by atoms with E-state index in [0.717, 1.165) is 5.69 Å². The maximum atomic E-state index is 12.6. The number of rotatable bonds is 7. The zero-order chi connectivity index (χ0) is 18.5. The Morgan fingerprint density at radius 3 is 2.77 bits per heavy atom. The lowest BCUT2D eigenvalue weighted by Gasteiger charge is -2.10. The molecule has 0 aliphatic carbocycles. The van der Waals surface area contributed by atoms with E-state index in [0.29, 0.717) is 27.2 Å². The predicted octanol–water partition coefficient (Wildman–Crippen LogP) is 3.91. The number of carbonyl (C=O) groups is 1. The average molecular weight is 390 g/mol. The minimum Gasteiger partial charge on any atom is -0.497 e. The summed E-state index contributed by atoms with van der Waals surface area (Å²) in [6.45, 7) is 0. The lowest BCUT2D eigenvalue weighted by Crippen LogP contribution is -2.06. The smallest absolute Gasteiger partial charge is 0.196 e. The van der Waals surface area contributed by atoms with Crippen molar-refractivity contribution in [1.82, 2.24) is 14.8 Å². The van der Waals surface area contributed by atoms with Gasteiger partial charge in [-0.1, -0.05) is 29.4 Å². The molecule has 0 fully saturated rings. The molecule has 0 spiro atoms. The fraction of sp³-hybridized carbons (Fsp3) is 0.167. The highest BCUT2D eigenvalue weighted by Crippen LogP contribution is 2.27. The highest BCUT2D eigenvalue weighted by Gasteiger charge is 2.16. The van der Waals surface area contributed by atoms with Gasteiger partial charge in [0.25, 0.3) is 0 Å². The van der Waals surface area contributed by atoms with Crippen LogP contribution in [0.25, 0.3) is 5.69 Å². The van der Waals surface area contributed by atoms with Gasteiger partial charge in [0.1, 0.15) is 17.8 Å². The molecule has 1 heterocycles. The van der Waals surface area contributed by atoms with Crippen molar-refractivity contribution in [3.8, 4) is 17.2 Å². The average Bonchev–Trinajstić information content (AvgIpc) is 3.14. The first-order valence-electron chi connectivity index (χ1n) is 7.66. The van der Waals surface area contributed by atoms with Gasteiger partial charge in [-0.05, 0) is 30.3 Å². The van der Waals surface area contributed by atoms with Crippen LogP contribution in [-0.4, -0.2) is 40.5 Å². The van der Waals surface area contributed by atoms with Gasteiger partial charge in [-0.2, -0.15) is 0 Å². The van der Waals surface area contributed by atoms with Crippen LogP contribution in [0.2, 0.25) is 5.02 Å². The van der Waals surface area contributed by atoms with E-state index in [9.17, 15) is 4.79 Å². The second kappa shape index (κ2) is 8.25. The zero-order valence-corrected chi connectivity index (χ0v) is 15.8. The van der Waals surface area contributed by atoms with Crippen LogP contribution in [0.15, 0.2) is 53.9 Å². The molecular formula is C18H16ClN3O3S. The van der Waals surface area contributed by atoms with Crippen molar-refractivity contribution in [3.05, 3.63) is 59.4 Å². The van der Waals surface area contributed by atoms with Crippen molar-refractivity contribution in [2.45, 2.75) is 5.16 Å². The normalized spacial score (nSPS) is 10.6. The highest BCUT2D eigenvalue weighted by atomic mass is 35.5. The van der Waals surface area contributed by atoms with Gasteiger partial charge in [-0.25, -0.2) is 0 Å². The summed E-state index contributed by atoms with van der Waals surface area (Å²) in [6, 6.07) is 12.5. The number of aromatic nitrogens is 3. The molecule has 0 saturated heterocycles. The molecule has 0 aliphatic heterocycles. The summed E-state index contributed by atoms with van der Waals surface area (Å²) in [5.41, 5.74) is 1.33. The molecule has 26 heavy (non-hydrogen) atoms. The molecule has 0 bridgehead atoms. The first-order valence-corrected chi connectivity index (χ1v) is 9.02. The SMILES string of the molecule is COc1ccc(C(=O)CSc2nncn2-c2cccc(Cl)c2)c(OC)c1. The van der Waals surface area contributed by atoms with E-state index >= 15 is 0 Å². The van der Waals surface area contributed by atoms with Gasteiger partial charge in [0, 0.05) is 11.1 Å². The van der Waals surface area contributed by atoms with E-state index < -0.39 is 0 Å². The van der Waals surface area contributed by atoms with Crippen LogP contribution in [0.5, 0.6) is 11.5 Å². The Hall–Kier alpha value is -2.51. The van der Waals surface area contributed by atoms with Crippen molar-refractivity contribution >= 4 is 29.1 Å². The number of halogens is 1. The number of benzene rings is 2. The Bertz CT molecular complexity index is 930. The first-order chi connectivity index (χ1) is 12.6. The third kappa shape index (κ3) is 4.00. The number of ether oxygens (including phenoxy) is 2. The lowest BCUT2D eigenvalue weighted by atomic mass is 10.1. The summed E-state index contributed by atoms with van der Waals surface area (Å²) in [5.74, 6) is 1.23. The van der Waals surface area contributed by atoms with Crippen molar-refractivity contribution in [2.24, 2.45) is 0 Å². The summed E-state index contributed by atoms with van der Waals surface area (Å²) in [7, 11) is 3.09. The fourth-order valence-corrected chi connectivity index (χ4v) is 3.36. The molecule has 0 aliphatic rings. The number of Topliss-reactive ketones (excluding diaryl/α,β-unsaturated/α-hetero) is 1. The largest absolute Gasteiger partial charge is 0.497 e. The van der Waals surface area contributed by atoms with Crippen molar-refractivity contribution in [3.63, 3.8) is 0 Å². The summed E-state index contributed by atoms with van der Waals surface area (Å²) in [5, 5.41) is 9.24. The second-order valence-electron chi connectivity index (χ2n) is 5.24. The molecule has 0 unspecified atom stereocenters. The van der Waals surface area contributed by atoms with Crippen LogP contribution in [0.3, 0.4) is 0 Å². The number of hydrogen-bond acceptors (Lipinski definition) is 6. The van der Waals surface area contributed by atoms with Gasteiger partial charge in [0.05, 0.1) is 31.2 Å². The van der Waals surface area contributed by atoms with Crippen molar-refractivity contribution in [1.29, 1.82) is 0 Å². The van der Waals surface area contributed by atoms with E-state index in [1.54, 1.807) is 42.3 Å². The molecule has 0 saturated carbocycles. The number of thioether (sulfide) groups is 1. The van der Waals surface area contributed by atoms with Crippen LogP contribution < -0.4 is 9.47 Å². The first kappa shape index (κ1) is 18.3. The van der Waals surface area contributed by atoms with Crippen LogP contribution in [0.1, 0.15) is 10.4 Å². The van der Waals surface area contributed by atoms with Gasteiger partial charge >= 0.3 is 0 Å². The summed E-state index contributed by atoms with van der Waals surface area (Å²) >= 11 is 7.34. The maximum Gasteiger partial charge on any atom is 0.196 e. The minimum atomic E-state index is -0.0739. The molecule has 0 radical (unpaired) electrons. The zero-order valence-electron chi connectivity index (χ0n) is 14.2. The predicted molar refractivity (Wildman–Crippen MR) is 101 cm³/mol. The molecule has 0 N–H and O–H groups in total. The van der Waals surface area contributed by atoms with Crippen LogP contribution in [0.4, 0.5) is 0 Å². The summed E-state index contributed by atoms with van der Waals surface area (Å²) in [4.78, 5) is 12.6. The molecule has 1 aromatic heterocycles. The van der Waals surface area contributed by atoms with Gasteiger partial charge in [0.2, 0.25) is 0 Å². The maximum absolute atomic E-state index is 12.6. The van der Waals surface area contributed by atoms with Gasteiger partial charge in [-0.15, -0.1) is 10.2 Å². The number of ketones is 1. The summed E-state index contributed by atoms with van der Waals surface area (Å²) in [6.07, 6.45) is 1.59. The molecule has 3 rings (SSSR count). The van der Waals surface area contributed by atoms with E-state index in [4.69, 9.17) is 21.1 Å². The Balaban J connectivity index is 1.76. The number of carbonyl (C=O) groups excluding carboxylic acids is 1.